The predicted octanol–water partition coefficient (Wildman–Crippen LogP) is 4.13. The van der Waals surface area contributed by atoms with Crippen molar-refractivity contribution in [2.24, 2.45) is 0 Å². The van der Waals surface area contributed by atoms with Crippen LogP contribution in [0.2, 0.25) is 0 Å². The Balaban J connectivity index is 1.89. The van der Waals surface area contributed by atoms with E-state index in [1.165, 1.54) is 34.5 Å². The number of aromatic nitrogens is 4. The number of alkyl halides is 3. The second kappa shape index (κ2) is 9.79. The summed E-state index contributed by atoms with van der Waals surface area (Å²) in [4.78, 5) is 28.7. The lowest BCUT2D eigenvalue weighted by Crippen LogP contribution is -2.28. The molecule has 14 heteroatoms. The van der Waals surface area contributed by atoms with Crippen LogP contribution in [0.25, 0.3) is 21.8 Å². The summed E-state index contributed by atoms with van der Waals surface area (Å²) in [6.45, 7) is 1.74. The average molecular weight is 519 g/mol. The van der Waals surface area contributed by atoms with Crippen LogP contribution >= 0.6 is 0 Å². The van der Waals surface area contributed by atoms with E-state index in [4.69, 9.17) is 18.9 Å². The molecule has 2 heterocycles. The fourth-order valence-corrected chi connectivity index (χ4v) is 3.53. The number of rotatable bonds is 7. The summed E-state index contributed by atoms with van der Waals surface area (Å²) < 4.78 is 64.8. The molecule has 1 N–H and O–H groups in total. The zero-order valence-corrected chi connectivity index (χ0v) is 20.2. The molecule has 0 unspecified atom stereocenters. The predicted molar refractivity (Wildman–Crippen MR) is 125 cm³/mol. The Labute approximate surface area is 207 Å². The fourth-order valence-electron chi connectivity index (χ4n) is 3.53. The normalized spacial score (nSPS) is 11.4. The summed E-state index contributed by atoms with van der Waals surface area (Å²) in [5.74, 6) is -2.57. The van der Waals surface area contributed by atoms with E-state index in [-0.39, 0.29) is 40.0 Å². The van der Waals surface area contributed by atoms with Crippen molar-refractivity contribution in [3.05, 3.63) is 30.0 Å². The molecule has 0 bridgehead atoms. The highest BCUT2D eigenvalue weighted by Crippen LogP contribution is 2.45. The van der Waals surface area contributed by atoms with E-state index in [9.17, 15) is 18.0 Å². The standard InChI is InChI=1S/C23H20F3N5O6/c1-10-12-8-11(33-2)6-7-14(12)28-21(27-10)31-22-29-16-13(19(30-22)37-20(32)23(24,25)26)9-15(34-3)17(35-4)18(16)36-5/h6-9H,1-5H3,(H,27,28,29,30,31). The monoisotopic (exact) mass is 519 g/mol. The number of methoxy groups -OCH3 is 4. The Morgan fingerprint density at radius 2 is 1.54 bits per heavy atom. The first kappa shape index (κ1) is 25.5. The van der Waals surface area contributed by atoms with Crippen molar-refractivity contribution in [3.8, 4) is 28.9 Å². The van der Waals surface area contributed by atoms with Gasteiger partial charge in [0.05, 0.1) is 45.0 Å². The van der Waals surface area contributed by atoms with Crippen molar-refractivity contribution in [1.82, 2.24) is 19.9 Å². The quantitative estimate of drug-likeness (QED) is 0.354. The number of carbonyl (C=O) groups is 1. The Morgan fingerprint density at radius 3 is 2.16 bits per heavy atom. The summed E-state index contributed by atoms with van der Waals surface area (Å²) in [5, 5.41) is 3.38. The molecule has 4 rings (SSSR count). The molecular formula is C23H20F3N5O6. The van der Waals surface area contributed by atoms with Gasteiger partial charge in [-0.1, -0.05) is 0 Å². The van der Waals surface area contributed by atoms with Crippen LogP contribution in [-0.4, -0.2) is 60.5 Å². The summed E-state index contributed by atoms with van der Waals surface area (Å²) >= 11 is 0. The highest BCUT2D eigenvalue weighted by molar-refractivity contribution is 5.95. The van der Waals surface area contributed by atoms with Crippen LogP contribution in [0.1, 0.15) is 5.69 Å². The Bertz CT molecular complexity index is 1510. The third kappa shape index (κ3) is 4.90. The topological polar surface area (TPSA) is 127 Å². The molecule has 0 spiro atoms. The van der Waals surface area contributed by atoms with E-state index in [0.717, 1.165) is 5.39 Å². The number of esters is 1. The minimum atomic E-state index is -5.27. The molecular weight excluding hydrogens is 499 g/mol. The molecule has 0 fully saturated rings. The number of aryl methyl sites for hydroxylation is 1. The molecule has 0 amide bonds. The molecule has 0 saturated heterocycles. The first-order chi connectivity index (χ1) is 17.6. The molecule has 2 aromatic heterocycles. The van der Waals surface area contributed by atoms with Crippen molar-refractivity contribution in [2.45, 2.75) is 13.1 Å². The smallest absolute Gasteiger partial charge is 0.491 e. The number of benzene rings is 2. The van der Waals surface area contributed by atoms with Gasteiger partial charge in [0.25, 0.3) is 0 Å². The molecule has 0 aliphatic carbocycles. The van der Waals surface area contributed by atoms with Crippen molar-refractivity contribution in [3.63, 3.8) is 0 Å². The van der Waals surface area contributed by atoms with Gasteiger partial charge < -0.3 is 23.7 Å². The molecule has 37 heavy (non-hydrogen) atoms. The maximum Gasteiger partial charge on any atom is 0.491 e. The number of halogens is 3. The maximum atomic E-state index is 13.0. The molecule has 11 nitrogen and oxygen atoms in total. The van der Waals surface area contributed by atoms with Gasteiger partial charge in [-0.2, -0.15) is 18.2 Å². The molecule has 194 valence electrons. The van der Waals surface area contributed by atoms with E-state index < -0.39 is 18.0 Å². The van der Waals surface area contributed by atoms with Crippen molar-refractivity contribution < 1.29 is 41.7 Å². The number of nitrogens with zero attached hydrogens (tertiary/aromatic N) is 4. The third-order valence-corrected chi connectivity index (χ3v) is 5.20. The summed E-state index contributed by atoms with van der Waals surface area (Å²) in [6.07, 6.45) is -5.27. The lowest BCUT2D eigenvalue weighted by molar-refractivity contribution is -0.189. The van der Waals surface area contributed by atoms with E-state index in [0.29, 0.717) is 17.0 Å². The van der Waals surface area contributed by atoms with E-state index in [1.807, 2.05) is 0 Å². The molecule has 2 aromatic carbocycles. The molecule has 0 atom stereocenters. The fraction of sp³-hybridized carbons (Fsp3) is 0.261. The van der Waals surface area contributed by atoms with E-state index in [1.54, 1.807) is 25.1 Å². The molecule has 0 aliphatic heterocycles. The van der Waals surface area contributed by atoms with Crippen LogP contribution in [0.3, 0.4) is 0 Å². The Kier molecular flexibility index (Phi) is 6.74. The van der Waals surface area contributed by atoms with E-state index in [2.05, 4.69) is 30.0 Å². The Hall–Kier alpha value is -4.62. The number of hydrogen-bond donors (Lipinski definition) is 1. The van der Waals surface area contributed by atoms with E-state index >= 15 is 0 Å². The average Bonchev–Trinajstić information content (AvgIpc) is 2.86. The van der Waals surface area contributed by atoms with Gasteiger partial charge >= 0.3 is 12.1 Å². The van der Waals surface area contributed by atoms with Gasteiger partial charge in [0, 0.05) is 5.39 Å². The molecule has 0 saturated carbocycles. The van der Waals surface area contributed by atoms with Gasteiger partial charge in [-0.15, -0.1) is 0 Å². The van der Waals surface area contributed by atoms with Gasteiger partial charge in [0.15, 0.2) is 11.5 Å². The number of fused-ring (bicyclic) bond motifs is 2. The summed E-state index contributed by atoms with van der Waals surface area (Å²) in [5.41, 5.74) is 1.12. The van der Waals surface area contributed by atoms with Gasteiger partial charge in [-0.05, 0) is 31.2 Å². The highest BCUT2D eigenvalue weighted by atomic mass is 19.4. The number of nitrogens with one attached hydrogen (secondary N) is 1. The van der Waals surface area contributed by atoms with Crippen LogP contribution in [0.5, 0.6) is 28.9 Å². The van der Waals surface area contributed by atoms with Crippen molar-refractivity contribution in [1.29, 1.82) is 0 Å². The van der Waals surface area contributed by atoms with Crippen LogP contribution in [-0.2, 0) is 4.79 Å². The van der Waals surface area contributed by atoms with Crippen LogP contribution < -0.4 is 29.0 Å². The van der Waals surface area contributed by atoms with Gasteiger partial charge in [0.2, 0.25) is 23.5 Å². The molecule has 0 aliphatic rings. The maximum absolute atomic E-state index is 13.0. The lowest BCUT2D eigenvalue weighted by atomic mass is 10.2. The minimum absolute atomic E-state index is 0.00862. The number of carbonyl (C=O) groups excluding carboxylic acids is 1. The zero-order valence-electron chi connectivity index (χ0n) is 20.2. The Morgan fingerprint density at radius 1 is 0.838 bits per heavy atom. The van der Waals surface area contributed by atoms with Crippen LogP contribution in [0.15, 0.2) is 24.3 Å². The first-order valence-electron chi connectivity index (χ1n) is 10.5. The number of anilines is 2. The molecule has 0 radical (unpaired) electrons. The summed E-state index contributed by atoms with van der Waals surface area (Å²) in [7, 11) is 5.50. The SMILES string of the molecule is COc1ccc2nc(Nc3nc(OC(=O)C(F)(F)F)c4cc(OC)c(OC)c(OC)c4n3)nc(C)c2c1. The van der Waals surface area contributed by atoms with Crippen LogP contribution in [0, 0.1) is 6.92 Å². The van der Waals surface area contributed by atoms with Gasteiger partial charge in [-0.25, -0.2) is 19.7 Å². The number of hydrogen-bond acceptors (Lipinski definition) is 11. The first-order valence-corrected chi connectivity index (χ1v) is 10.5. The minimum Gasteiger partial charge on any atom is -0.497 e. The van der Waals surface area contributed by atoms with Crippen molar-refractivity contribution >= 4 is 39.7 Å². The van der Waals surface area contributed by atoms with Gasteiger partial charge in [0.1, 0.15) is 11.3 Å². The zero-order chi connectivity index (χ0) is 26.9. The second-order valence-electron chi connectivity index (χ2n) is 7.42. The second-order valence-corrected chi connectivity index (χ2v) is 7.42. The van der Waals surface area contributed by atoms with Crippen molar-refractivity contribution in [2.75, 3.05) is 33.8 Å². The largest absolute Gasteiger partial charge is 0.497 e. The third-order valence-electron chi connectivity index (χ3n) is 5.20. The number of ether oxygens (including phenoxy) is 5. The summed E-state index contributed by atoms with van der Waals surface area (Å²) in [6, 6.07) is 6.46. The van der Waals surface area contributed by atoms with Crippen LogP contribution in [0.4, 0.5) is 25.1 Å². The lowest BCUT2D eigenvalue weighted by Gasteiger charge is -2.17. The molecule has 4 aromatic rings. The highest BCUT2D eigenvalue weighted by Gasteiger charge is 2.42. The van der Waals surface area contributed by atoms with Gasteiger partial charge in [-0.3, -0.25) is 5.32 Å².